The molecule has 0 atom stereocenters. The molecular weight excluding hydrogens is 310 g/mol. The number of carbonyl (C=O) groups excluding carboxylic acids is 1. The number of hydrogen-bond donors (Lipinski definition) is 1. The number of halogens is 4. The lowest BCUT2D eigenvalue weighted by atomic mass is 10.1. The van der Waals surface area contributed by atoms with Crippen molar-refractivity contribution in [3.63, 3.8) is 0 Å². The second kappa shape index (κ2) is 6.64. The van der Waals surface area contributed by atoms with Crippen molar-refractivity contribution in [2.24, 2.45) is 0 Å². The van der Waals surface area contributed by atoms with E-state index < -0.39 is 23.5 Å². The minimum Gasteiger partial charge on any atom is -0.322 e. The third-order valence-electron chi connectivity index (χ3n) is 3.10. The molecule has 1 N–H and O–H groups in total. The maximum absolute atomic E-state index is 13.1. The molecule has 0 radical (unpaired) electrons. The van der Waals surface area contributed by atoms with Crippen LogP contribution in [0, 0.1) is 12.7 Å². The summed E-state index contributed by atoms with van der Waals surface area (Å²) in [5, 5.41) is 2.48. The Bertz CT molecular complexity index is 750. The molecule has 0 unspecified atom stereocenters. The van der Waals surface area contributed by atoms with E-state index in [2.05, 4.69) is 5.32 Å². The van der Waals surface area contributed by atoms with Crippen LogP contribution in [0.5, 0.6) is 0 Å². The van der Waals surface area contributed by atoms with E-state index in [1.165, 1.54) is 36.4 Å². The lowest BCUT2D eigenvalue weighted by molar-refractivity contribution is -0.137. The number of anilines is 1. The molecule has 2 rings (SSSR count). The van der Waals surface area contributed by atoms with E-state index in [9.17, 15) is 22.4 Å². The molecule has 0 aliphatic heterocycles. The van der Waals surface area contributed by atoms with Crippen molar-refractivity contribution >= 4 is 17.7 Å². The number of aryl methyl sites for hydroxylation is 1. The van der Waals surface area contributed by atoms with Gasteiger partial charge in [0, 0.05) is 11.8 Å². The number of amides is 1. The largest absolute Gasteiger partial charge is 0.416 e. The van der Waals surface area contributed by atoms with Crippen molar-refractivity contribution in [1.82, 2.24) is 0 Å². The van der Waals surface area contributed by atoms with E-state index in [0.29, 0.717) is 11.3 Å². The van der Waals surface area contributed by atoms with Crippen molar-refractivity contribution in [2.45, 2.75) is 13.1 Å². The maximum atomic E-state index is 13.1. The number of alkyl halides is 3. The van der Waals surface area contributed by atoms with Crippen molar-refractivity contribution in [3.05, 3.63) is 71.0 Å². The molecule has 2 aromatic rings. The average molecular weight is 323 g/mol. The third kappa shape index (κ3) is 4.67. The molecule has 23 heavy (non-hydrogen) atoms. The zero-order valence-corrected chi connectivity index (χ0v) is 12.1. The molecule has 120 valence electrons. The lowest BCUT2D eigenvalue weighted by Crippen LogP contribution is -2.09. The molecule has 0 bridgehead atoms. The van der Waals surface area contributed by atoms with Gasteiger partial charge in [0.05, 0.1) is 5.56 Å². The zero-order chi connectivity index (χ0) is 17.0. The highest BCUT2D eigenvalue weighted by Crippen LogP contribution is 2.29. The molecule has 0 spiro atoms. The van der Waals surface area contributed by atoms with Crippen LogP contribution in [0.15, 0.2) is 48.5 Å². The zero-order valence-electron chi connectivity index (χ0n) is 12.1. The summed E-state index contributed by atoms with van der Waals surface area (Å²) in [6.45, 7) is 1.70. The van der Waals surface area contributed by atoms with Gasteiger partial charge in [-0.1, -0.05) is 18.2 Å². The molecule has 0 heterocycles. The summed E-state index contributed by atoms with van der Waals surface area (Å²) in [4.78, 5) is 11.8. The first kappa shape index (κ1) is 16.7. The van der Waals surface area contributed by atoms with Gasteiger partial charge in [0.2, 0.25) is 5.91 Å². The first-order chi connectivity index (χ1) is 10.8. The van der Waals surface area contributed by atoms with Gasteiger partial charge in [0.1, 0.15) is 5.82 Å². The van der Waals surface area contributed by atoms with Gasteiger partial charge in [0.25, 0.3) is 0 Å². The predicted octanol–water partition coefficient (Wildman–Crippen LogP) is 4.80. The van der Waals surface area contributed by atoms with E-state index in [1.54, 1.807) is 6.92 Å². The summed E-state index contributed by atoms with van der Waals surface area (Å²) in [7, 11) is 0. The minimum atomic E-state index is -4.44. The van der Waals surface area contributed by atoms with Crippen molar-refractivity contribution < 1.29 is 22.4 Å². The van der Waals surface area contributed by atoms with Crippen LogP contribution >= 0.6 is 0 Å². The Labute approximate surface area is 130 Å². The Hall–Kier alpha value is -2.63. The summed E-state index contributed by atoms with van der Waals surface area (Å²) in [6.07, 6.45) is -2.08. The van der Waals surface area contributed by atoms with Crippen LogP contribution in [0.3, 0.4) is 0 Å². The Morgan fingerprint density at radius 1 is 1.13 bits per heavy atom. The Morgan fingerprint density at radius 3 is 2.57 bits per heavy atom. The molecule has 0 fully saturated rings. The fraction of sp³-hybridized carbons (Fsp3) is 0.118. The van der Waals surface area contributed by atoms with Crippen molar-refractivity contribution in [1.29, 1.82) is 0 Å². The lowest BCUT2D eigenvalue weighted by Gasteiger charge is -2.07. The third-order valence-corrected chi connectivity index (χ3v) is 3.10. The Morgan fingerprint density at radius 2 is 1.87 bits per heavy atom. The number of hydrogen-bond acceptors (Lipinski definition) is 1. The Balaban J connectivity index is 2.11. The molecule has 2 aromatic carbocycles. The monoisotopic (exact) mass is 323 g/mol. The van der Waals surface area contributed by atoms with Crippen LogP contribution in [0.2, 0.25) is 0 Å². The summed E-state index contributed by atoms with van der Waals surface area (Å²) < 4.78 is 50.9. The maximum Gasteiger partial charge on any atom is 0.416 e. The van der Waals surface area contributed by atoms with E-state index in [4.69, 9.17) is 0 Å². The summed E-state index contributed by atoms with van der Waals surface area (Å²) in [6, 6.07) is 8.56. The fourth-order valence-electron chi connectivity index (χ4n) is 1.89. The standard InChI is InChI=1S/C17H13F4NO/c1-11-5-7-14(18)10-15(11)22-16(23)8-6-12-3-2-4-13(9-12)17(19,20)21/h2-10H,1H3,(H,22,23). The van der Waals surface area contributed by atoms with E-state index >= 15 is 0 Å². The molecule has 0 aliphatic rings. The summed E-state index contributed by atoms with van der Waals surface area (Å²) in [5.74, 6) is -1.05. The minimum absolute atomic E-state index is 0.242. The van der Waals surface area contributed by atoms with Crippen LogP contribution in [0.1, 0.15) is 16.7 Å². The first-order valence-electron chi connectivity index (χ1n) is 6.68. The summed E-state index contributed by atoms with van der Waals surface area (Å²) >= 11 is 0. The van der Waals surface area contributed by atoms with E-state index in [1.807, 2.05) is 0 Å². The molecule has 0 saturated heterocycles. The highest BCUT2D eigenvalue weighted by atomic mass is 19.4. The average Bonchev–Trinajstić information content (AvgIpc) is 2.48. The van der Waals surface area contributed by atoms with Crippen LogP contribution < -0.4 is 5.32 Å². The normalized spacial score (nSPS) is 11.7. The quantitative estimate of drug-likeness (QED) is 0.638. The fourth-order valence-corrected chi connectivity index (χ4v) is 1.89. The van der Waals surface area contributed by atoms with E-state index in [-0.39, 0.29) is 5.56 Å². The first-order valence-corrected chi connectivity index (χ1v) is 6.68. The Kier molecular flexibility index (Phi) is 4.83. The van der Waals surface area contributed by atoms with Crippen LogP contribution in [0.4, 0.5) is 23.2 Å². The van der Waals surface area contributed by atoms with Gasteiger partial charge in [-0.3, -0.25) is 4.79 Å². The van der Waals surface area contributed by atoms with Crippen LogP contribution in [-0.4, -0.2) is 5.91 Å². The van der Waals surface area contributed by atoms with Gasteiger partial charge in [0.15, 0.2) is 0 Å². The molecule has 0 aliphatic carbocycles. The van der Waals surface area contributed by atoms with Gasteiger partial charge in [-0.2, -0.15) is 13.2 Å². The van der Waals surface area contributed by atoms with Gasteiger partial charge in [-0.15, -0.1) is 0 Å². The second-order valence-electron chi connectivity index (χ2n) is 4.91. The van der Waals surface area contributed by atoms with E-state index in [0.717, 1.165) is 18.2 Å². The molecular formula is C17H13F4NO. The van der Waals surface area contributed by atoms with Gasteiger partial charge in [-0.25, -0.2) is 4.39 Å². The number of benzene rings is 2. The van der Waals surface area contributed by atoms with Crippen molar-refractivity contribution in [3.8, 4) is 0 Å². The number of rotatable bonds is 3. The number of carbonyl (C=O) groups is 1. The van der Waals surface area contributed by atoms with Crippen molar-refractivity contribution in [2.75, 3.05) is 5.32 Å². The topological polar surface area (TPSA) is 29.1 Å². The second-order valence-corrected chi connectivity index (χ2v) is 4.91. The number of nitrogens with one attached hydrogen (secondary N) is 1. The molecule has 0 saturated carbocycles. The van der Waals surface area contributed by atoms with Gasteiger partial charge < -0.3 is 5.32 Å². The molecule has 6 heteroatoms. The summed E-state index contributed by atoms with van der Waals surface area (Å²) in [5.41, 5.74) is 0.433. The predicted molar refractivity (Wildman–Crippen MR) is 80.2 cm³/mol. The SMILES string of the molecule is Cc1ccc(F)cc1NC(=O)C=Cc1cccc(C(F)(F)F)c1. The van der Waals surface area contributed by atoms with Crippen LogP contribution in [0.25, 0.3) is 6.08 Å². The highest BCUT2D eigenvalue weighted by Gasteiger charge is 2.30. The smallest absolute Gasteiger partial charge is 0.322 e. The van der Waals surface area contributed by atoms with Crippen LogP contribution in [-0.2, 0) is 11.0 Å². The molecule has 1 amide bonds. The van der Waals surface area contributed by atoms with Gasteiger partial charge in [-0.05, 0) is 48.4 Å². The van der Waals surface area contributed by atoms with Gasteiger partial charge >= 0.3 is 6.18 Å². The molecule has 2 nitrogen and oxygen atoms in total. The molecule has 0 aromatic heterocycles. The highest BCUT2D eigenvalue weighted by molar-refractivity contribution is 6.02.